The lowest BCUT2D eigenvalue weighted by atomic mass is 10.2. The number of hydrogen-bond donors (Lipinski definition) is 2. The van der Waals surface area contributed by atoms with Crippen LogP contribution in [0.3, 0.4) is 0 Å². The van der Waals surface area contributed by atoms with Crippen LogP contribution in [0.25, 0.3) is 0 Å². The van der Waals surface area contributed by atoms with Gasteiger partial charge >= 0.3 is 6.03 Å². The zero-order valence-electron chi connectivity index (χ0n) is 15.3. The van der Waals surface area contributed by atoms with E-state index in [1.165, 1.54) is 43.5 Å². The van der Waals surface area contributed by atoms with Crippen molar-refractivity contribution in [3.63, 3.8) is 0 Å². The topological polar surface area (TPSA) is 127 Å². The Hall–Kier alpha value is -3.12. The Bertz CT molecular complexity index is 1100. The Balaban J connectivity index is 1.97. The lowest BCUT2D eigenvalue weighted by Crippen LogP contribution is -2.35. The molecule has 152 valence electrons. The first kappa shape index (κ1) is 20.6. The number of amides is 2. The minimum Gasteiger partial charge on any atom is -0.495 e. The van der Waals surface area contributed by atoms with Crippen molar-refractivity contribution in [2.75, 3.05) is 23.8 Å². The van der Waals surface area contributed by atoms with Crippen molar-refractivity contribution in [2.24, 2.45) is 0 Å². The average Bonchev–Trinajstić information content (AvgIpc) is 3.21. The largest absolute Gasteiger partial charge is 0.495 e. The van der Waals surface area contributed by atoms with Gasteiger partial charge in [0.25, 0.3) is 10.0 Å². The summed E-state index contributed by atoms with van der Waals surface area (Å²) >= 11 is 3.35. The van der Waals surface area contributed by atoms with E-state index in [9.17, 15) is 13.2 Å². The average molecular weight is 482 g/mol. The number of nitrogens with zero attached hydrogens (tertiary/aromatic N) is 3. The van der Waals surface area contributed by atoms with E-state index < -0.39 is 16.1 Å². The number of ether oxygens (including phenoxy) is 1. The van der Waals surface area contributed by atoms with E-state index in [1.54, 1.807) is 18.2 Å². The number of nitrogens with one attached hydrogen (secondary N) is 2. The van der Waals surface area contributed by atoms with E-state index in [1.807, 2.05) is 0 Å². The fraction of sp³-hybridized carbons (Fsp3) is 0.118. The summed E-state index contributed by atoms with van der Waals surface area (Å²) in [7, 11) is -0.968. The number of benzene rings is 1. The molecule has 0 bridgehead atoms. The van der Waals surface area contributed by atoms with Gasteiger partial charge in [-0.25, -0.2) is 23.1 Å². The SMILES string of the molecule is CNC(=O)N(c1ccc(S(=O)(=O)Nc2ccon2)cn1)c1ccc(Br)cc1OC. The summed E-state index contributed by atoms with van der Waals surface area (Å²) in [6.07, 6.45) is 2.38. The molecule has 0 radical (unpaired) electrons. The van der Waals surface area contributed by atoms with Crippen molar-refractivity contribution in [2.45, 2.75) is 4.90 Å². The number of aromatic nitrogens is 2. The summed E-state index contributed by atoms with van der Waals surface area (Å²) in [5, 5.41) is 6.04. The summed E-state index contributed by atoms with van der Waals surface area (Å²) in [5.74, 6) is 0.667. The second-order valence-electron chi connectivity index (χ2n) is 5.55. The molecule has 2 N–H and O–H groups in total. The van der Waals surface area contributed by atoms with Gasteiger partial charge in [0.1, 0.15) is 22.7 Å². The van der Waals surface area contributed by atoms with E-state index in [0.29, 0.717) is 11.4 Å². The molecule has 0 saturated carbocycles. The maximum atomic E-state index is 12.5. The summed E-state index contributed by atoms with van der Waals surface area (Å²) in [6.45, 7) is 0. The number of methoxy groups -OCH3 is 1. The van der Waals surface area contributed by atoms with Crippen molar-refractivity contribution in [3.8, 4) is 5.75 Å². The zero-order valence-corrected chi connectivity index (χ0v) is 17.7. The molecule has 0 fully saturated rings. The highest BCUT2D eigenvalue weighted by Gasteiger charge is 2.23. The number of carbonyl (C=O) groups excluding carboxylic acids is 1. The Morgan fingerprint density at radius 3 is 2.62 bits per heavy atom. The Labute approximate surface area is 175 Å². The number of pyridine rings is 1. The van der Waals surface area contributed by atoms with E-state index in [-0.39, 0.29) is 16.5 Å². The minimum atomic E-state index is -3.92. The third-order valence-electron chi connectivity index (χ3n) is 3.74. The van der Waals surface area contributed by atoms with Crippen LogP contribution >= 0.6 is 15.9 Å². The molecule has 12 heteroatoms. The van der Waals surface area contributed by atoms with Crippen molar-refractivity contribution in [1.29, 1.82) is 0 Å². The number of rotatable bonds is 6. The number of halogens is 1. The van der Waals surface area contributed by atoms with E-state index in [0.717, 1.165) is 10.7 Å². The molecule has 2 amide bonds. The molecule has 3 rings (SSSR count). The van der Waals surface area contributed by atoms with Crippen LogP contribution in [0.1, 0.15) is 0 Å². The number of hydrogen-bond acceptors (Lipinski definition) is 7. The normalized spacial score (nSPS) is 11.0. The van der Waals surface area contributed by atoms with Crippen LogP contribution in [0, 0.1) is 0 Å². The van der Waals surface area contributed by atoms with Gasteiger partial charge in [0.05, 0.1) is 12.8 Å². The van der Waals surface area contributed by atoms with Gasteiger partial charge in [-0.1, -0.05) is 21.1 Å². The van der Waals surface area contributed by atoms with Crippen molar-refractivity contribution >= 4 is 49.3 Å². The Morgan fingerprint density at radius 1 is 1.24 bits per heavy atom. The second kappa shape index (κ2) is 8.49. The molecular weight excluding hydrogens is 466 g/mol. The van der Waals surface area contributed by atoms with Gasteiger partial charge in [-0.05, 0) is 30.3 Å². The molecule has 0 atom stereocenters. The molecule has 2 aromatic heterocycles. The van der Waals surface area contributed by atoms with E-state index in [2.05, 4.69) is 40.6 Å². The molecular formula is C17H16BrN5O5S. The molecule has 0 aliphatic carbocycles. The molecule has 0 spiro atoms. The summed E-state index contributed by atoms with van der Waals surface area (Å²) in [6, 6.07) is 8.75. The van der Waals surface area contributed by atoms with Crippen molar-refractivity contribution < 1.29 is 22.5 Å². The molecule has 3 aromatic rings. The first-order valence-electron chi connectivity index (χ1n) is 8.10. The van der Waals surface area contributed by atoms with E-state index in [4.69, 9.17) is 4.74 Å². The van der Waals surface area contributed by atoms with Crippen LogP contribution in [0.5, 0.6) is 5.75 Å². The number of carbonyl (C=O) groups is 1. The fourth-order valence-corrected chi connectivity index (χ4v) is 3.69. The highest BCUT2D eigenvalue weighted by Crippen LogP contribution is 2.35. The summed E-state index contributed by atoms with van der Waals surface area (Å²) in [4.78, 5) is 17.8. The van der Waals surface area contributed by atoms with Crippen molar-refractivity contribution in [1.82, 2.24) is 15.5 Å². The maximum Gasteiger partial charge on any atom is 0.327 e. The minimum absolute atomic E-state index is 0.0423. The lowest BCUT2D eigenvalue weighted by molar-refractivity contribution is 0.250. The Morgan fingerprint density at radius 2 is 2.03 bits per heavy atom. The van der Waals surface area contributed by atoms with Crippen LogP contribution in [0.4, 0.5) is 22.1 Å². The van der Waals surface area contributed by atoms with Crippen LogP contribution in [0.15, 0.2) is 62.7 Å². The quantitative estimate of drug-likeness (QED) is 0.553. The summed E-state index contributed by atoms with van der Waals surface area (Å²) < 4.78 is 37.8. The third-order valence-corrected chi connectivity index (χ3v) is 5.57. The molecule has 0 aliphatic heterocycles. The van der Waals surface area contributed by atoms with Gasteiger partial charge in [0.2, 0.25) is 0 Å². The van der Waals surface area contributed by atoms with Crippen LogP contribution in [-0.4, -0.2) is 38.7 Å². The van der Waals surface area contributed by atoms with Gasteiger partial charge in [0.15, 0.2) is 5.82 Å². The van der Waals surface area contributed by atoms with Gasteiger partial charge in [-0.2, -0.15) is 0 Å². The van der Waals surface area contributed by atoms with Crippen LogP contribution in [0.2, 0.25) is 0 Å². The van der Waals surface area contributed by atoms with Gasteiger partial charge in [0, 0.05) is 23.8 Å². The monoisotopic (exact) mass is 481 g/mol. The fourth-order valence-electron chi connectivity index (χ4n) is 2.41. The molecule has 29 heavy (non-hydrogen) atoms. The van der Waals surface area contributed by atoms with Gasteiger partial charge < -0.3 is 14.6 Å². The standard InChI is InChI=1S/C17H16BrN5O5S/c1-19-17(24)23(13-5-3-11(18)9-14(13)27-2)16-6-4-12(10-20-16)29(25,26)22-15-7-8-28-21-15/h3-10H,1-2H3,(H,19,24)(H,21,22). The maximum absolute atomic E-state index is 12.5. The highest BCUT2D eigenvalue weighted by molar-refractivity contribution is 9.10. The molecule has 2 heterocycles. The number of anilines is 3. The molecule has 0 unspecified atom stereocenters. The van der Waals surface area contributed by atoms with Crippen LogP contribution in [-0.2, 0) is 10.0 Å². The first-order valence-corrected chi connectivity index (χ1v) is 10.4. The predicted octanol–water partition coefficient (Wildman–Crippen LogP) is 3.12. The highest BCUT2D eigenvalue weighted by atomic mass is 79.9. The predicted molar refractivity (Wildman–Crippen MR) is 109 cm³/mol. The second-order valence-corrected chi connectivity index (χ2v) is 8.15. The third kappa shape index (κ3) is 4.49. The van der Waals surface area contributed by atoms with Gasteiger partial charge in [-0.15, -0.1) is 0 Å². The Kier molecular flexibility index (Phi) is 6.03. The number of sulfonamides is 1. The molecule has 0 saturated heterocycles. The smallest absolute Gasteiger partial charge is 0.327 e. The van der Waals surface area contributed by atoms with Crippen LogP contribution < -0.4 is 19.7 Å². The van der Waals surface area contributed by atoms with Crippen molar-refractivity contribution in [3.05, 3.63) is 53.3 Å². The van der Waals surface area contributed by atoms with Gasteiger partial charge in [-0.3, -0.25) is 4.72 Å². The molecule has 0 aliphatic rings. The molecule has 1 aromatic carbocycles. The summed E-state index contributed by atoms with van der Waals surface area (Å²) in [5.41, 5.74) is 0.430. The first-order chi connectivity index (χ1) is 13.9. The molecule has 10 nitrogen and oxygen atoms in total. The zero-order chi connectivity index (χ0) is 21.0. The lowest BCUT2D eigenvalue weighted by Gasteiger charge is -2.23. The number of urea groups is 1. The van der Waals surface area contributed by atoms with E-state index >= 15 is 0 Å².